The van der Waals surface area contributed by atoms with Crippen molar-refractivity contribution < 1.29 is 130 Å². The van der Waals surface area contributed by atoms with E-state index in [2.05, 4.69) is 67.2 Å². The second-order valence-electron chi connectivity index (χ2n) is 29.7. The summed E-state index contributed by atoms with van der Waals surface area (Å²) in [7, 11) is 5.62. The fourth-order valence-electron chi connectivity index (χ4n) is 13.7. The zero-order chi connectivity index (χ0) is 88.8. The van der Waals surface area contributed by atoms with Crippen molar-refractivity contribution >= 4 is 69.3 Å². The maximum Gasteiger partial charge on any atom is 0.413 e. The van der Waals surface area contributed by atoms with Gasteiger partial charge in [0.25, 0.3) is 0 Å². The molecule has 0 radical (unpaired) electrons. The molecule has 2 aromatic heterocycles. The summed E-state index contributed by atoms with van der Waals surface area (Å²) in [4.78, 5) is 93.1. The molecule has 1 aliphatic heterocycles. The van der Waals surface area contributed by atoms with Crippen LogP contribution in [0.1, 0.15) is 102 Å². The molecule has 2 aliphatic rings. The van der Waals surface area contributed by atoms with Gasteiger partial charge in [-0.15, -0.1) is 0 Å². The fraction of sp³-hybridized carbons (Fsp3) is 0.551. The highest BCUT2D eigenvalue weighted by molar-refractivity contribution is 6.10. The molecule has 0 saturated carbocycles. The van der Waals surface area contributed by atoms with E-state index in [9.17, 15) is 54.3 Å². The number of anilines is 2. The predicted molar refractivity (Wildman–Crippen MR) is 459 cm³/mol. The highest BCUT2D eigenvalue weighted by Gasteiger charge is 2.45. The smallest absolute Gasteiger partial charge is 0.413 e. The average molecular weight is 1750 g/mol. The lowest BCUT2D eigenvalue weighted by Crippen LogP contribution is -2.60. The Morgan fingerprint density at radius 3 is 1.66 bits per heavy atom. The largest absolute Gasteiger partial charge is 0.478 e. The third-order valence-electron chi connectivity index (χ3n) is 20.1. The Bertz CT molecular complexity index is 4360. The number of aliphatic hydroxyl groups is 4. The van der Waals surface area contributed by atoms with E-state index >= 15 is 0 Å². The van der Waals surface area contributed by atoms with Gasteiger partial charge in [0.2, 0.25) is 24.0 Å². The molecule has 0 spiro atoms. The van der Waals surface area contributed by atoms with E-state index in [1.165, 1.54) is 30.3 Å². The Hall–Kier alpha value is -9.52. The highest BCUT2D eigenvalue weighted by atomic mass is 16.7. The van der Waals surface area contributed by atoms with Gasteiger partial charge in [0.1, 0.15) is 60.8 Å². The van der Waals surface area contributed by atoms with Crippen molar-refractivity contribution in [1.29, 1.82) is 0 Å². The minimum absolute atomic E-state index is 0.00344. The number of hydrogen-bond donors (Lipinski definition) is 10. The molecule has 5 aromatic carbocycles. The molecule has 0 unspecified atom stereocenters. The first-order valence-electron chi connectivity index (χ1n) is 42.6. The number of unbranched alkanes of at least 4 members (excludes halogenated alkanes) is 2. The zero-order valence-corrected chi connectivity index (χ0v) is 71.8. The predicted octanol–water partition coefficient (Wildman–Crippen LogP) is 6.52. The minimum atomic E-state index is -1.85. The number of imidazole rings is 1. The molecule has 5 amide bonds. The zero-order valence-electron chi connectivity index (χ0n) is 71.8. The van der Waals surface area contributed by atoms with E-state index < -0.39 is 79.9 Å². The summed E-state index contributed by atoms with van der Waals surface area (Å²) in [6.07, 6.45) is -7.39. The second-order valence-corrected chi connectivity index (χ2v) is 29.7. The Labute approximate surface area is 727 Å². The number of pyridine rings is 1. The lowest BCUT2D eigenvalue weighted by atomic mass is 9.98. The van der Waals surface area contributed by atoms with E-state index in [1.807, 2.05) is 62.6 Å². The quantitative estimate of drug-likeness (QED) is 0.0181. The summed E-state index contributed by atoms with van der Waals surface area (Å²) in [5.74, 6) is -2.44. The summed E-state index contributed by atoms with van der Waals surface area (Å²) in [6.45, 7) is 11.8. The maximum absolute atomic E-state index is 14.2. The van der Waals surface area contributed by atoms with E-state index in [0.717, 1.165) is 58.6 Å². The first kappa shape index (κ1) is 99.3. The molecule has 7 aromatic rings. The number of carboxylic acids is 1. The number of aryl methyl sites for hydroxylation is 1. The molecule has 36 heteroatoms. The van der Waals surface area contributed by atoms with Crippen LogP contribution < -0.4 is 31.3 Å². The van der Waals surface area contributed by atoms with Gasteiger partial charge in [-0.1, -0.05) is 92.2 Å². The number of alkyl carbamates (subject to hydrolysis) is 1. The number of methoxy groups -OCH3 is 1. The fourth-order valence-corrected chi connectivity index (χ4v) is 13.7. The number of carbonyl (C=O) groups excluding carboxylic acids is 5. The molecular formula is C89H123N9O27. The number of aliphatic hydroxyl groups excluding tert-OH is 4. The van der Waals surface area contributed by atoms with Crippen molar-refractivity contribution in [3.05, 3.63) is 148 Å². The van der Waals surface area contributed by atoms with Crippen molar-refractivity contribution in [3.8, 4) is 16.9 Å². The Kier molecular flexibility index (Phi) is 44.3. The molecule has 10 N–H and O–H groups in total. The van der Waals surface area contributed by atoms with Crippen LogP contribution in [0.15, 0.2) is 109 Å². The standard InChI is InChI=1S/C89H123N9O27/c1-5-6-18-76-95-79-80(98(76)57-62-21-19-61(20-22-62)56-97(2)3)69-25-24-64(86(106)107)55-72(69)93-84(79)96-89(109)122-59-63-23-26-74(124-87-83(104)82(103)81(102)75(58-99)125-87)73(54-63)92-78(101)27-30-91-85(105)71(94-88(108)123-60-70-67-15-9-7-13-65(67)66-14-8-10-16-68(66)70)17-11-12-29-90-77(100)28-31-111-34-35-113-38-39-115-42-43-117-46-47-119-50-51-121-53-52-120-49-48-118-45-44-116-41-40-114-37-36-112-33-32-110-4/h7-10,13-16,19-26,54-55,70-71,75,81-83,87,99,102-104H,5-6,11-12,17-18,27-53,56-60H2,1-4H3,(H,90,100)(H,91,105)(H,92,101)(H,94,108)(H,106,107)(H,93,96,109)/t71-,75+,81+,82-,83-,87-/m0/s1. The molecule has 1 aliphatic carbocycles. The van der Waals surface area contributed by atoms with Crippen molar-refractivity contribution in [1.82, 2.24) is 35.4 Å². The van der Waals surface area contributed by atoms with Crippen molar-refractivity contribution in [2.45, 2.75) is 121 Å². The molecule has 9 rings (SSSR count). The second kappa shape index (κ2) is 55.8. The van der Waals surface area contributed by atoms with Crippen LogP contribution in [0.4, 0.5) is 21.1 Å². The van der Waals surface area contributed by atoms with Crippen LogP contribution in [0.2, 0.25) is 0 Å². The molecule has 686 valence electrons. The lowest BCUT2D eigenvalue weighted by Gasteiger charge is -2.39. The van der Waals surface area contributed by atoms with Gasteiger partial charge in [0.05, 0.1) is 181 Å². The van der Waals surface area contributed by atoms with Gasteiger partial charge in [0.15, 0.2) is 5.82 Å². The summed E-state index contributed by atoms with van der Waals surface area (Å²) in [5, 5.41) is 66.7. The van der Waals surface area contributed by atoms with Gasteiger partial charge in [-0.05, 0) is 109 Å². The number of benzene rings is 5. The number of rotatable bonds is 63. The number of fused-ring (bicyclic) bond motifs is 6. The van der Waals surface area contributed by atoms with Crippen LogP contribution in [-0.2, 0) is 112 Å². The van der Waals surface area contributed by atoms with Crippen LogP contribution in [-0.4, -0.2) is 317 Å². The van der Waals surface area contributed by atoms with Crippen LogP contribution in [0.3, 0.4) is 0 Å². The number of ether oxygens (including phenoxy) is 16. The first-order valence-corrected chi connectivity index (χ1v) is 42.6. The Morgan fingerprint density at radius 1 is 0.552 bits per heavy atom. The van der Waals surface area contributed by atoms with Crippen molar-refractivity contribution in [3.63, 3.8) is 0 Å². The number of nitrogens with zero attached hydrogens (tertiary/aromatic N) is 4. The molecule has 0 bridgehead atoms. The van der Waals surface area contributed by atoms with E-state index in [1.54, 1.807) is 13.2 Å². The topological polar surface area (TPSA) is 445 Å². The van der Waals surface area contributed by atoms with Crippen LogP contribution in [0.25, 0.3) is 33.1 Å². The number of amides is 5. The van der Waals surface area contributed by atoms with Crippen molar-refractivity contribution in [2.24, 2.45) is 0 Å². The minimum Gasteiger partial charge on any atom is -0.478 e. The summed E-state index contributed by atoms with van der Waals surface area (Å²) >= 11 is 0. The van der Waals surface area contributed by atoms with Gasteiger partial charge in [0, 0.05) is 63.9 Å². The molecule has 3 heterocycles. The Morgan fingerprint density at radius 2 is 1.10 bits per heavy atom. The highest BCUT2D eigenvalue weighted by Crippen LogP contribution is 2.45. The molecule has 36 nitrogen and oxygen atoms in total. The normalized spacial score (nSPS) is 15.8. The van der Waals surface area contributed by atoms with Crippen LogP contribution >= 0.6 is 0 Å². The molecule has 1 saturated heterocycles. The monoisotopic (exact) mass is 1750 g/mol. The lowest BCUT2D eigenvalue weighted by molar-refractivity contribution is -0.277. The summed E-state index contributed by atoms with van der Waals surface area (Å²) in [6, 6.07) is 31.6. The van der Waals surface area contributed by atoms with E-state index in [-0.39, 0.29) is 97.9 Å². The van der Waals surface area contributed by atoms with Gasteiger partial charge in [-0.25, -0.2) is 24.4 Å². The molecule has 6 atom stereocenters. The van der Waals surface area contributed by atoms with Crippen LogP contribution in [0, 0.1) is 0 Å². The SMILES string of the molecule is CCCCc1nc2c(NC(=O)OCc3ccc(O[C@H]4O[C@H](CO)[C@@H](O)[C@H](O)[C@@H]4O)c(NC(=O)CCNC(=O)[C@H](CCCCNC(=O)CCOCCOCCOCCOCCOCCOCCOCCOCCOCCOCCOCCOC)NC(=O)OCC4c5ccccc5-c5ccccc54)c3)nc3cc(C(=O)O)ccc3c2n1Cc1ccc(CN(C)C)cc1. The third kappa shape index (κ3) is 33.6. The third-order valence-corrected chi connectivity index (χ3v) is 20.1. The Balaban J connectivity index is 0.704. The van der Waals surface area contributed by atoms with Crippen LogP contribution in [0.5, 0.6) is 5.75 Å². The van der Waals surface area contributed by atoms with Crippen molar-refractivity contribution in [2.75, 3.05) is 210 Å². The molecular weight excluding hydrogens is 1630 g/mol. The van der Waals surface area contributed by atoms with Gasteiger partial charge < -0.3 is 132 Å². The summed E-state index contributed by atoms with van der Waals surface area (Å²) in [5.41, 5.74) is 7.56. The number of hydrogen-bond acceptors (Lipinski definition) is 29. The average Bonchev–Trinajstić information content (AvgIpc) is 1.61. The van der Waals surface area contributed by atoms with Gasteiger partial charge in [-0.2, -0.15) is 0 Å². The first-order chi connectivity index (χ1) is 60.9. The number of aromatic carboxylic acids is 1. The van der Waals surface area contributed by atoms with E-state index in [0.29, 0.717) is 181 Å². The number of carboxylic acid groups (broad SMARTS) is 1. The van der Waals surface area contributed by atoms with Gasteiger partial charge in [-0.3, -0.25) is 19.7 Å². The number of aromatic nitrogens is 3. The van der Waals surface area contributed by atoms with E-state index in [4.69, 9.17) is 85.8 Å². The van der Waals surface area contributed by atoms with Gasteiger partial charge >= 0.3 is 18.2 Å². The number of carbonyl (C=O) groups is 6. The number of nitrogens with one attached hydrogen (secondary N) is 5. The maximum atomic E-state index is 14.2. The molecule has 125 heavy (non-hydrogen) atoms. The molecule has 1 fully saturated rings. The summed E-state index contributed by atoms with van der Waals surface area (Å²) < 4.78 is 91.0.